The highest BCUT2D eigenvalue weighted by Gasteiger charge is 2.01. The van der Waals surface area contributed by atoms with Crippen LogP contribution in [-0.4, -0.2) is 9.97 Å². The standard InChI is InChI=1S/C9H7BrN2OS/c10-8-4-7(5-13-8)6-14-9-11-2-1-3-12-9/h1-5H,6H2. The molecule has 0 aromatic carbocycles. The molecule has 2 aromatic rings. The minimum atomic E-state index is 0.752. The molecule has 0 aliphatic rings. The van der Waals surface area contributed by atoms with Crippen LogP contribution in [0.2, 0.25) is 0 Å². The fourth-order valence-electron chi connectivity index (χ4n) is 0.929. The van der Waals surface area contributed by atoms with Crippen molar-refractivity contribution in [1.82, 2.24) is 9.97 Å². The third-order valence-electron chi connectivity index (χ3n) is 1.53. The van der Waals surface area contributed by atoms with Crippen molar-refractivity contribution in [1.29, 1.82) is 0 Å². The number of furan rings is 1. The topological polar surface area (TPSA) is 38.9 Å². The summed E-state index contributed by atoms with van der Waals surface area (Å²) in [5, 5.41) is 0.782. The number of hydrogen-bond donors (Lipinski definition) is 0. The first-order valence-corrected chi connectivity index (χ1v) is 5.75. The lowest BCUT2D eigenvalue weighted by Gasteiger charge is -1.95. The average Bonchev–Trinajstić information content (AvgIpc) is 2.63. The zero-order valence-corrected chi connectivity index (χ0v) is 9.59. The van der Waals surface area contributed by atoms with Gasteiger partial charge in [-0.05, 0) is 28.1 Å². The number of rotatable bonds is 3. The van der Waals surface area contributed by atoms with E-state index in [9.17, 15) is 0 Å². The van der Waals surface area contributed by atoms with Crippen molar-refractivity contribution in [2.75, 3.05) is 0 Å². The molecule has 0 aliphatic carbocycles. The monoisotopic (exact) mass is 270 g/mol. The van der Waals surface area contributed by atoms with Crippen LogP contribution < -0.4 is 0 Å². The molecule has 3 nitrogen and oxygen atoms in total. The largest absolute Gasteiger partial charge is 0.457 e. The molecular formula is C9H7BrN2OS. The second-order valence-corrected chi connectivity index (χ2v) is 4.30. The zero-order valence-electron chi connectivity index (χ0n) is 7.18. The molecular weight excluding hydrogens is 264 g/mol. The predicted molar refractivity (Wildman–Crippen MR) is 58.0 cm³/mol. The van der Waals surface area contributed by atoms with Crippen LogP contribution in [0.3, 0.4) is 0 Å². The predicted octanol–water partition coefficient (Wildman–Crippen LogP) is 3.12. The maximum absolute atomic E-state index is 5.12. The van der Waals surface area contributed by atoms with E-state index in [0.717, 1.165) is 21.1 Å². The summed E-state index contributed by atoms with van der Waals surface area (Å²) in [5.74, 6) is 0.819. The normalized spacial score (nSPS) is 10.4. The second kappa shape index (κ2) is 4.61. The third kappa shape index (κ3) is 2.59. The van der Waals surface area contributed by atoms with Crippen molar-refractivity contribution in [3.8, 4) is 0 Å². The molecule has 0 N–H and O–H groups in total. The SMILES string of the molecule is Brc1cc(CSc2ncccn2)co1. The molecule has 2 heterocycles. The Labute approximate surface area is 94.1 Å². The summed E-state index contributed by atoms with van der Waals surface area (Å²) in [4.78, 5) is 8.22. The highest BCUT2D eigenvalue weighted by atomic mass is 79.9. The van der Waals surface area contributed by atoms with Crippen molar-refractivity contribution >= 4 is 27.7 Å². The molecule has 0 spiro atoms. The van der Waals surface area contributed by atoms with Gasteiger partial charge in [0.15, 0.2) is 9.83 Å². The Kier molecular flexibility index (Phi) is 3.21. The summed E-state index contributed by atoms with van der Waals surface area (Å²) in [5.41, 5.74) is 1.12. The smallest absolute Gasteiger partial charge is 0.187 e. The van der Waals surface area contributed by atoms with Gasteiger partial charge in [-0.1, -0.05) is 11.8 Å². The molecule has 72 valence electrons. The van der Waals surface area contributed by atoms with Crippen molar-refractivity contribution in [2.45, 2.75) is 10.9 Å². The second-order valence-electron chi connectivity index (χ2n) is 2.58. The molecule has 0 bridgehead atoms. The lowest BCUT2D eigenvalue weighted by Crippen LogP contribution is -1.83. The van der Waals surface area contributed by atoms with E-state index in [2.05, 4.69) is 25.9 Å². The van der Waals surface area contributed by atoms with Crippen LogP contribution in [-0.2, 0) is 5.75 Å². The van der Waals surface area contributed by atoms with Crippen molar-refractivity contribution in [3.63, 3.8) is 0 Å². The van der Waals surface area contributed by atoms with E-state index < -0.39 is 0 Å². The molecule has 14 heavy (non-hydrogen) atoms. The van der Waals surface area contributed by atoms with Gasteiger partial charge in [-0.25, -0.2) is 9.97 Å². The molecule has 2 aromatic heterocycles. The first-order valence-electron chi connectivity index (χ1n) is 3.97. The van der Waals surface area contributed by atoms with Gasteiger partial charge in [-0.3, -0.25) is 0 Å². The molecule has 0 aliphatic heterocycles. The van der Waals surface area contributed by atoms with E-state index in [0.29, 0.717) is 0 Å². The zero-order chi connectivity index (χ0) is 9.80. The molecule has 5 heteroatoms. The maximum Gasteiger partial charge on any atom is 0.187 e. The Bertz CT molecular complexity index is 404. The fourth-order valence-corrected chi connectivity index (χ4v) is 2.03. The number of halogens is 1. The molecule has 0 fully saturated rings. The Balaban J connectivity index is 1.95. The van der Waals surface area contributed by atoms with Crippen molar-refractivity contribution < 1.29 is 4.42 Å². The van der Waals surface area contributed by atoms with E-state index >= 15 is 0 Å². The fraction of sp³-hybridized carbons (Fsp3) is 0.111. The summed E-state index contributed by atoms with van der Waals surface area (Å²) in [6.45, 7) is 0. The van der Waals surface area contributed by atoms with Crippen molar-refractivity contribution in [3.05, 3.63) is 41.0 Å². The number of thioether (sulfide) groups is 1. The molecule has 0 saturated heterocycles. The quantitative estimate of drug-likeness (QED) is 0.635. The minimum absolute atomic E-state index is 0.752. The Morgan fingerprint density at radius 1 is 1.36 bits per heavy atom. The molecule has 0 radical (unpaired) electrons. The highest BCUT2D eigenvalue weighted by molar-refractivity contribution is 9.10. The number of hydrogen-bond acceptors (Lipinski definition) is 4. The van der Waals surface area contributed by atoms with E-state index in [4.69, 9.17) is 4.42 Å². The van der Waals surface area contributed by atoms with Crippen LogP contribution in [0.15, 0.2) is 45.0 Å². The first-order chi connectivity index (χ1) is 6.84. The van der Waals surface area contributed by atoms with E-state index in [-0.39, 0.29) is 0 Å². The van der Waals surface area contributed by atoms with Gasteiger partial charge in [-0.2, -0.15) is 0 Å². The maximum atomic E-state index is 5.12. The van der Waals surface area contributed by atoms with Crippen LogP contribution in [0, 0.1) is 0 Å². The Morgan fingerprint density at radius 3 is 2.79 bits per heavy atom. The molecule has 0 saturated carbocycles. The summed E-state index contributed by atoms with van der Waals surface area (Å²) in [6, 6.07) is 3.74. The van der Waals surface area contributed by atoms with Gasteiger partial charge in [0, 0.05) is 23.7 Å². The lowest BCUT2D eigenvalue weighted by molar-refractivity contribution is 0.539. The van der Waals surface area contributed by atoms with Crippen molar-refractivity contribution in [2.24, 2.45) is 0 Å². The Hall–Kier alpha value is -0.810. The van der Waals surface area contributed by atoms with Crippen LogP contribution in [0.4, 0.5) is 0 Å². The number of aromatic nitrogens is 2. The highest BCUT2D eigenvalue weighted by Crippen LogP contribution is 2.22. The minimum Gasteiger partial charge on any atom is -0.457 e. The van der Waals surface area contributed by atoms with Gasteiger partial charge in [-0.15, -0.1) is 0 Å². The molecule has 0 atom stereocenters. The summed E-state index contributed by atoms with van der Waals surface area (Å²) < 4.78 is 5.87. The van der Waals surface area contributed by atoms with Gasteiger partial charge in [0.1, 0.15) is 0 Å². The van der Waals surface area contributed by atoms with Gasteiger partial charge < -0.3 is 4.42 Å². The van der Waals surface area contributed by atoms with Gasteiger partial charge in [0.25, 0.3) is 0 Å². The number of nitrogens with zero attached hydrogens (tertiary/aromatic N) is 2. The lowest BCUT2D eigenvalue weighted by atomic mass is 10.4. The van der Waals surface area contributed by atoms with Crippen LogP contribution in [0.25, 0.3) is 0 Å². The third-order valence-corrected chi connectivity index (χ3v) is 2.89. The van der Waals surface area contributed by atoms with E-state index in [1.54, 1.807) is 36.5 Å². The van der Waals surface area contributed by atoms with Crippen LogP contribution in [0.5, 0.6) is 0 Å². The molecule has 2 rings (SSSR count). The van der Waals surface area contributed by atoms with Crippen LogP contribution in [0.1, 0.15) is 5.56 Å². The molecule has 0 amide bonds. The van der Waals surface area contributed by atoms with Gasteiger partial charge in [0.05, 0.1) is 6.26 Å². The Morgan fingerprint density at radius 2 is 2.14 bits per heavy atom. The van der Waals surface area contributed by atoms with Crippen LogP contribution >= 0.6 is 27.7 Å². The average molecular weight is 271 g/mol. The molecule has 0 unspecified atom stereocenters. The first kappa shape index (κ1) is 9.73. The summed E-state index contributed by atoms with van der Waals surface area (Å²) >= 11 is 4.83. The summed E-state index contributed by atoms with van der Waals surface area (Å²) in [7, 11) is 0. The van der Waals surface area contributed by atoms with Gasteiger partial charge >= 0.3 is 0 Å². The van der Waals surface area contributed by atoms with Gasteiger partial charge in [0.2, 0.25) is 0 Å². The van der Waals surface area contributed by atoms with E-state index in [1.807, 2.05) is 6.07 Å². The summed E-state index contributed by atoms with van der Waals surface area (Å²) in [6.07, 6.45) is 5.20. The van der Waals surface area contributed by atoms with E-state index in [1.165, 1.54) is 0 Å².